The van der Waals surface area contributed by atoms with E-state index in [9.17, 15) is 61.2 Å². The zero-order chi connectivity index (χ0) is 80.5. The van der Waals surface area contributed by atoms with Crippen molar-refractivity contribution in [1.82, 2.24) is 16.0 Å². The fraction of sp³-hybridized carbons (Fsp3) is 0.592. The van der Waals surface area contributed by atoms with Gasteiger partial charge in [-0.25, -0.2) is 28.8 Å². The number of benzene rings is 3. The molecule has 9 N–H and O–H groups in total. The monoisotopic (exact) mass is 1540 g/mol. The van der Waals surface area contributed by atoms with Crippen LogP contribution in [0, 0.1) is 6.92 Å². The number of amides is 3. The van der Waals surface area contributed by atoms with Crippen LogP contribution in [-0.4, -0.2) is 179 Å². The number of hydrogen-bond acceptors (Lipinski definition) is 22. The van der Waals surface area contributed by atoms with Gasteiger partial charge >= 0.3 is 66.0 Å². The highest BCUT2D eigenvalue weighted by Crippen LogP contribution is 2.16. The average Bonchev–Trinajstić information content (AvgIpc) is 0.862. The number of carbonyl (C=O) groups excluding carboxylic acids is 8. The summed E-state index contributed by atoms with van der Waals surface area (Å²) in [4.78, 5) is 127. The van der Waals surface area contributed by atoms with E-state index in [1.165, 1.54) is 12.1 Å². The molecule has 4 atom stereocenters. The van der Waals surface area contributed by atoms with Crippen molar-refractivity contribution in [2.45, 2.75) is 257 Å². The van der Waals surface area contributed by atoms with Gasteiger partial charge in [0.05, 0.1) is 24.7 Å². The second kappa shape index (κ2) is 48.0. The highest BCUT2D eigenvalue weighted by Gasteiger charge is 2.30. The second-order valence-corrected chi connectivity index (χ2v) is 48.8. The number of nitrogens with one attached hydrogen (secondary N) is 3. The summed E-state index contributed by atoms with van der Waals surface area (Å²) in [6.45, 7) is 37.9. The number of aryl methyl sites for hydroxylation is 1. The van der Waals surface area contributed by atoms with Gasteiger partial charge in [0.2, 0.25) is 0 Å². The van der Waals surface area contributed by atoms with Crippen LogP contribution in [0.25, 0.3) is 0 Å². The number of hydrogen-bond donors (Lipinski definition) is 8. The maximum atomic E-state index is 12.5. The van der Waals surface area contributed by atoms with Crippen LogP contribution in [0.5, 0.6) is 0 Å². The van der Waals surface area contributed by atoms with Crippen molar-refractivity contribution in [1.29, 1.82) is 0 Å². The van der Waals surface area contributed by atoms with Crippen molar-refractivity contribution in [2.75, 3.05) is 19.8 Å². The van der Waals surface area contributed by atoms with Crippen LogP contribution in [0.1, 0.15) is 130 Å². The van der Waals surface area contributed by atoms with Crippen molar-refractivity contribution in [3.05, 3.63) is 102 Å². The maximum Gasteiger partial charge on any atom is 0.408 e. The minimum absolute atomic E-state index is 0.0313. The lowest BCUT2D eigenvalue weighted by molar-refractivity contribution is -0.149. The summed E-state index contributed by atoms with van der Waals surface area (Å²) >= 11 is 0. The Balaban J connectivity index is 0. The molecule has 0 radical (unpaired) electrons. The zero-order valence-corrected chi connectivity index (χ0v) is 67.9. The largest absolute Gasteiger partial charge is 0.481 e. The lowest BCUT2D eigenvalue weighted by Crippen LogP contribution is -2.44. The lowest BCUT2D eigenvalue weighted by atomic mass is 10.1. The van der Waals surface area contributed by atoms with Crippen LogP contribution in [0.15, 0.2) is 89.8 Å². The third-order valence-electron chi connectivity index (χ3n) is 12.9. The summed E-state index contributed by atoms with van der Waals surface area (Å²) in [6, 6.07) is 22.9. The number of rotatable bonds is 33. The molecule has 0 aromatic heterocycles. The normalized spacial score (nSPS) is 12.6. The molecular formula is C71H116N4O25SSi3. The summed E-state index contributed by atoms with van der Waals surface area (Å²) < 4.78 is 70.7. The Morgan fingerprint density at radius 2 is 0.731 bits per heavy atom. The van der Waals surface area contributed by atoms with E-state index < -0.39 is 141 Å². The molecule has 0 unspecified atom stereocenters. The molecule has 29 nitrogen and oxygen atoms in total. The maximum absolute atomic E-state index is 12.5. The Kier molecular flexibility index (Phi) is 45.1. The minimum Gasteiger partial charge on any atom is -0.481 e. The molecule has 3 aromatic rings. The predicted molar refractivity (Wildman–Crippen MR) is 398 cm³/mol. The first-order chi connectivity index (χ1) is 47.5. The molecule has 104 heavy (non-hydrogen) atoms. The van der Waals surface area contributed by atoms with Crippen molar-refractivity contribution < 1.29 is 119 Å². The Labute approximate surface area is 616 Å². The van der Waals surface area contributed by atoms with E-state index in [0.717, 1.165) is 34.8 Å². The molecule has 0 heterocycles. The Morgan fingerprint density at radius 3 is 1.03 bits per heavy atom. The lowest BCUT2D eigenvalue weighted by Gasteiger charge is -2.23. The zero-order valence-electron chi connectivity index (χ0n) is 64.1. The summed E-state index contributed by atoms with van der Waals surface area (Å²) in [7, 11) is -7.93. The number of carbonyl (C=O) groups is 11. The molecule has 33 heteroatoms. The number of alkyl carbamates (subject to hydrolysis) is 3. The van der Waals surface area contributed by atoms with Crippen molar-refractivity contribution in [3.63, 3.8) is 0 Å². The average molecular weight is 1540 g/mol. The van der Waals surface area contributed by atoms with Crippen LogP contribution in [0.2, 0.25) is 77.1 Å². The first-order valence-electron chi connectivity index (χ1n) is 33.9. The number of nitrogens with two attached hydrogens (primary N) is 1. The first-order valence-corrected chi connectivity index (χ1v) is 46.4. The molecule has 3 aromatic carbocycles. The van der Waals surface area contributed by atoms with Crippen LogP contribution in [0.4, 0.5) is 14.4 Å². The van der Waals surface area contributed by atoms with E-state index in [1.54, 1.807) is 74.4 Å². The van der Waals surface area contributed by atoms with Crippen molar-refractivity contribution in [3.8, 4) is 0 Å². The van der Waals surface area contributed by atoms with Gasteiger partial charge in [0.25, 0.3) is 10.1 Å². The molecule has 3 rings (SSSR count). The fourth-order valence-corrected chi connectivity index (χ4v) is 9.93. The smallest absolute Gasteiger partial charge is 0.408 e. The van der Waals surface area contributed by atoms with Gasteiger partial charge in [0.1, 0.15) is 54.2 Å². The highest BCUT2D eigenvalue weighted by molar-refractivity contribution is 7.85. The second-order valence-electron chi connectivity index (χ2n) is 30.5. The molecule has 0 saturated carbocycles. The quantitative estimate of drug-likeness (QED) is 0.0121. The molecular weight excluding hydrogens is 1430 g/mol. The van der Waals surface area contributed by atoms with Crippen molar-refractivity contribution >= 4 is 100 Å². The number of esters is 5. The Bertz CT molecular complexity index is 3250. The molecule has 0 aliphatic rings. The number of carboxylic acids is 3. The van der Waals surface area contributed by atoms with E-state index in [-0.39, 0.29) is 76.1 Å². The van der Waals surface area contributed by atoms with Crippen molar-refractivity contribution in [2.24, 2.45) is 5.73 Å². The third kappa shape index (κ3) is 58.2. The van der Waals surface area contributed by atoms with E-state index >= 15 is 0 Å². The van der Waals surface area contributed by atoms with Gasteiger partial charge in [-0.1, -0.05) is 137 Å². The molecule has 3 amide bonds. The summed E-state index contributed by atoms with van der Waals surface area (Å²) in [5, 5.41) is 33.4. The Hall–Kier alpha value is -8.25. The van der Waals surface area contributed by atoms with E-state index in [2.05, 4.69) is 74.9 Å². The van der Waals surface area contributed by atoms with Gasteiger partial charge in [-0.3, -0.25) is 28.5 Å². The van der Waals surface area contributed by atoms with Gasteiger partial charge in [0, 0.05) is 49.9 Å². The molecule has 0 bridgehead atoms. The summed E-state index contributed by atoms with van der Waals surface area (Å²) in [5.41, 5.74) is 6.02. The molecule has 0 aliphatic heterocycles. The van der Waals surface area contributed by atoms with Crippen LogP contribution >= 0.6 is 0 Å². The van der Waals surface area contributed by atoms with Crippen LogP contribution in [-0.2, 0) is 99.6 Å². The molecule has 0 spiro atoms. The van der Waals surface area contributed by atoms with E-state index in [4.69, 9.17) is 63.5 Å². The van der Waals surface area contributed by atoms with Crippen LogP contribution in [0.3, 0.4) is 0 Å². The van der Waals surface area contributed by atoms with Gasteiger partial charge in [-0.15, -0.1) is 0 Å². The van der Waals surface area contributed by atoms with Gasteiger partial charge in [0.15, 0.2) is 0 Å². The summed E-state index contributed by atoms with van der Waals surface area (Å²) in [6.07, 6.45) is -2.78. The first kappa shape index (κ1) is 97.8. The topological polar surface area (TPSA) is 439 Å². The highest BCUT2D eigenvalue weighted by atomic mass is 32.2. The number of aliphatic carboxylic acids is 3. The molecule has 0 saturated heterocycles. The number of ether oxygens (including phenoxy) is 8. The SMILES string of the molecule is CC(C)(C)OC(=O)N[C@H](CCC(=O)O)C(=O)OCC[Si](C)(C)C.CC(C)(C)OC(=O)N[C@H](CCC(=O)OCc1ccccc1)C(=O)O.CC(C)(C)OC(=O)N[C@H](CCC(=O)OCc1ccccc1)C(=O)OCC[Si](C)(C)C.C[Si](C)(C)CCOC(=O)[C@H](N)CCC(=O)O.Cc1ccc(S(=O)(=O)O)cc1. The molecule has 0 fully saturated rings. The molecule has 0 aliphatic carbocycles. The Morgan fingerprint density at radius 1 is 0.433 bits per heavy atom. The number of carboxylic acid groups (broad SMARTS) is 3. The van der Waals surface area contributed by atoms with Gasteiger partial charge in [-0.2, -0.15) is 8.42 Å². The third-order valence-corrected chi connectivity index (χ3v) is 18.9. The van der Waals surface area contributed by atoms with Gasteiger partial charge < -0.3 is 74.9 Å². The minimum atomic E-state index is -4.02. The van der Waals surface area contributed by atoms with Crippen LogP contribution < -0.4 is 21.7 Å². The standard InChI is InChI=1S/C22H35NO6Si.C17H23NO6.C15H29NO6Si.C10H21NO4Si.C7H8O3S/c1-22(2,3)29-21(26)23-18(20(25)27-14-15-30(4,5)6)12-13-19(24)28-16-17-10-8-7-9-11-17;1-17(2,3)24-16(22)18-13(15(20)21)9-10-14(19)23-11-12-7-5-4-6-8-12;1-15(2,3)22-14(20)16-11(7-8-12(17)18)13(19)21-9-10-23(4,5)6;1-16(2,3)7-6-15-10(14)8(11)4-5-9(12)13;1-6-2-4-7(5-3-6)11(8,9)10/h7-11,18H,12-16H2,1-6H3,(H,23,26);4-8,13H,9-11H2,1-3H3,(H,18,22)(H,20,21);11H,7-10H2,1-6H3,(H,16,20)(H,17,18);8H,4-7,11H2,1-3H3,(H,12,13);2-5H,1H3,(H,8,9,10)/t18-;13-;11-;8-;/m1111./s1. The van der Waals surface area contributed by atoms with E-state index in [0.29, 0.717) is 13.2 Å². The predicted octanol–water partition coefficient (Wildman–Crippen LogP) is 11.7. The molecule has 588 valence electrons. The summed E-state index contributed by atoms with van der Waals surface area (Å²) in [5.74, 6) is -5.93. The fourth-order valence-electron chi connectivity index (χ4n) is 7.31. The van der Waals surface area contributed by atoms with Gasteiger partial charge in [-0.05, 0) is 136 Å². The van der Waals surface area contributed by atoms with E-state index in [1.807, 2.05) is 67.6 Å².